The number of nitrogens with one attached hydrogen (secondary N) is 3. The highest BCUT2D eigenvalue weighted by Crippen LogP contribution is 2.27. The van der Waals surface area contributed by atoms with E-state index < -0.39 is 16.1 Å². The zero-order valence-corrected chi connectivity index (χ0v) is 19.4. The fourth-order valence-corrected chi connectivity index (χ4v) is 5.31. The molecule has 2 aromatic carbocycles. The van der Waals surface area contributed by atoms with Crippen molar-refractivity contribution in [2.45, 2.75) is 43.5 Å². The van der Waals surface area contributed by atoms with Gasteiger partial charge >= 0.3 is 0 Å². The van der Waals surface area contributed by atoms with Crippen LogP contribution in [0.1, 0.15) is 38.4 Å². The van der Waals surface area contributed by atoms with E-state index in [1.54, 1.807) is 11.8 Å². The number of hydrogen-bond donors (Lipinski definition) is 3. The number of rotatable bonds is 6. The Morgan fingerprint density at radius 1 is 1.15 bits per heavy atom. The first-order chi connectivity index (χ1) is 15.7. The van der Waals surface area contributed by atoms with Crippen LogP contribution in [0.5, 0.6) is 0 Å². The molecule has 0 saturated carbocycles. The molecule has 2 amide bonds. The number of carbonyl (C=O) groups is 2. The topological polar surface area (TPSA) is 124 Å². The third kappa shape index (κ3) is 5.23. The smallest absolute Gasteiger partial charge is 0.241 e. The van der Waals surface area contributed by atoms with E-state index in [-0.39, 0.29) is 22.6 Å². The summed E-state index contributed by atoms with van der Waals surface area (Å²) in [5.41, 5.74) is 2.35. The van der Waals surface area contributed by atoms with Crippen LogP contribution in [0.3, 0.4) is 0 Å². The Morgan fingerprint density at radius 3 is 2.58 bits per heavy atom. The summed E-state index contributed by atoms with van der Waals surface area (Å²) in [7, 11) is -3.90. The number of nitrogens with zero attached hydrogens (tertiary/aromatic N) is 2. The van der Waals surface area contributed by atoms with Crippen molar-refractivity contribution in [3.8, 4) is 0 Å². The summed E-state index contributed by atoms with van der Waals surface area (Å²) in [6, 6.07) is 12.7. The van der Waals surface area contributed by atoms with Crippen LogP contribution in [0.2, 0.25) is 0 Å². The van der Waals surface area contributed by atoms with Gasteiger partial charge in [0.1, 0.15) is 5.82 Å². The highest BCUT2D eigenvalue weighted by Gasteiger charge is 2.31. The van der Waals surface area contributed by atoms with Crippen LogP contribution >= 0.6 is 0 Å². The third-order valence-electron chi connectivity index (χ3n) is 5.71. The summed E-state index contributed by atoms with van der Waals surface area (Å²) in [6.45, 7) is 3.98. The summed E-state index contributed by atoms with van der Waals surface area (Å²) in [5.74, 6) is 0.404. The average Bonchev–Trinajstić information content (AvgIpc) is 3.23. The molecule has 2 heterocycles. The van der Waals surface area contributed by atoms with Crippen molar-refractivity contribution in [3.63, 3.8) is 0 Å². The Kier molecular flexibility index (Phi) is 6.48. The van der Waals surface area contributed by atoms with E-state index in [1.807, 2.05) is 24.3 Å². The first-order valence-corrected chi connectivity index (χ1v) is 12.3. The molecule has 1 unspecified atom stereocenters. The summed E-state index contributed by atoms with van der Waals surface area (Å²) >= 11 is 0. The molecule has 9 nitrogen and oxygen atoms in total. The lowest BCUT2D eigenvalue weighted by atomic mass is 9.97. The maximum Gasteiger partial charge on any atom is 0.241 e. The molecule has 10 heteroatoms. The minimum absolute atomic E-state index is 0.0232. The Hall–Kier alpha value is -3.24. The lowest BCUT2D eigenvalue weighted by Gasteiger charge is -2.33. The molecule has 1 saturated heterocycles. The van der Waals surface area contributed by atoms with Crippen LogP contribution in [0.25, 0.3) is 11.0 Å². The van der Waals surface area contributed by atoms with Crippen molar-refractivity contribution >= 4 is 38.6 Å². The van der Waals surface area contributed by atoms with Crippen molar-refractivity contribution in [2.75, 3.05) is 18.4 Å². The standard InChI is InChI=1S/C23H27N5O4S/c1-15(27-33(31,32)19-11-9-18(10-12-19)24-16(2)29)23(30)28-13-5-6-17(14-28)22-25-20-7-3-4-8-21(20)26-22/h3-4,7-12,15,17,27H,5-6,13-14H2,1-2H3,(H,24,29)(H,25,26)/t15-,17?/m0/s1. The van der Waals surface area contributed by atoms with Gasteiger partial charge in [0, 0.05) is 31.6 Å². The molecular weight excluding hydrogens is 442 g/mol. The normalized spacial score (nSPS) is 17.6. The van der Waals surface area contributed by atoms with Gasteiger partial charge < -0.3 is 15.2 Å². The molecule has 0 spiro atoms. The number of carbonyl (C=O) groups excluding carboxylic acids is 2. The van der Waals surface area contributed by atoms with Gasteiger partial charge in [-0.05, 0) is 56.2 Å². The second-order valence-corrected chi connectivity index (χ2v) is 10.0. The van der Waals surface area contributed by atoms with E-state index in [0.29, 0.717) is 18.8 Å². The molecule has 1 fully saturated rings. The summed E-state index contributed by atoms with van der Waals surface area (Å²) < 4.78 is 28.0. The van der Waals surface area contributed by atoms with Gasteiger partial charge in [0.25, 0.3) is 0 Å². The van der Waals surface area contributed by atoms with Gasteiger partial charge in [-0.3, -0.25) is 9.59 Å². The second kappa shape index (κ2) is 9.32. The molecule has 3 N–H and O–H groups in total. The van der Waals surface area contributed by atoms with E-state index in [0.717, 1.165) is 29.7 Å². The number of amides is 2. The fourth-order valence-electron chi connectivity index (χ4n) is 4.11. The predicted molar refractivity (Wildman–Crippen MR) is 125 cm³/mol. The van der Waals surface area contributed by atoms with Crippen molar-refractivity contribution in [2.24, 2.45) is 0 Å². The molecule has 0 aliphatic carbocycles. The largest absolute Gasteiger partial charge is 0.342 e. The number of para-hydroxylation sites is 2. The van der Waals surface area contributed by atoms with Crippen molar-refractivity contribution < 1.29 is 18.0 Å². The Balaban J connectivity index is 1.42. The molecule has 1 aromatic heterocycles. The van der Waals surface area contributed by atoms with Gasteiger partial charge in [0.15, 0.2) is 0 Å². The fraction of sp³-hybridized carbons (Fsp3) is 0.348. The molecule has 174 valence electrons. The number of hydrogen-bond acceptors (Lipinski definition) is 5. The van der Waals surface area contributed by atoms with E-state index in [4.69, 9.17) is 0 Å². The maximum absolute atomic E-state index is 13.1. The molecule has 3 aromatic rings. The number of benzene rings is 2. The van der Waals surface area contributed by atoms with Crippen LogP contribution in [0.15, 0.2) is 53.4 Å². The Bertz CT molecular complexity index is 1240. The van der Waals surface area contributed by atoms with Gasteiger partial charge in [0.2, 0.25) is 21.8 Å². The summed E-state index contributed by atoms with van der Waals surface area (Å²) in [5, 5.41) is 2.59. The molecular formula is C23H27N5O4S. The first-order valence-electron chi connectivity index (χ1n) is 10.9. The van der Waals surface area contributed by atoms with Crippen molar-refractivity contribution in [1.82, 2.24) is 19.6 Å². The van der Waals surface area contributed by atoms with Crippen LogP contribution in [-0.4, -0.2) is 54.2 Å². The van der Waals surface area contributed by atoms with Crippen LogP contribution < -0.4 is 10.0 Å². The minimum atomic E-state index is -3.90. The molecule has 0 bridgehead atoms. The number of sulfonamides is 1. The number of H-pyrrole nitrogens is 1. The Labute approximate surface area is 192 Å². The molecule has 2 atom stereocenters. The zero-order valence-electron chi connectivity index (χ0n) is 18.5. The average molecular weight is 470 g/mol. The van der Waals surface area contributed by atoms with Gasteiger partial charge in [-0.25, -0.2) is 13.4 Å². The Morgan fingerprint density at radius 2 is 1.88 bits per heavy atom. The van der Waals surface area contributed by atoms with Gasteiger partial charge in [-0.2, -0.15) is 4.72 Å². The van der Waals surface area contributed by atoms with Crippen molar-refractivity contribution in [1.29, 1.82) is 0 Å². The van der Waals surface area contributed by atoms with E-state index in [1.165, 1.54) is 31.2 Å². The number of fused-ring (bicyclic) bond motifs is 1. The molecule has 1 aliphatic rings. The number of aromatic amines is 1. The number of likely N-dealkylation sites (tertiary alicyclic amines) is 1. The lowest BCUT2D eigenvalue weighted by molar-refractivity contribution is -0.133. The van der Waals surface area contributed by atoms with Crippen LogP contribution in [0, 0.1) is 0 Å². The second-order valence-electron chi connectivity index (χ2n) is 8.31. The van der Waals surface area contributed by atoms with Crippen LogP contribution in [-0.2, 0) is 19.6 Å². The summed E-state index contributed by atoms with van der Waals surface area (Å²) in [6.07, 6.45) is 1.72. The molecule has 0 radical (unpaired) electrons. The van der Waals surface area contributed by atoms with E-state index >= 15 is 0 Å². The predicted octanol–water partition coefficient (Wildman–Crippen LogP) is 2.59. The SMILES string of the molecule is CC(=O)Nc1ccc(S(=O)(=O)N[C@@H](C)C(=O)N2CCCC(c3nc4ccccc4[nH]3)C2)cc1. The number of imidazole rings is 1. The third-order valence-corrected chi connectivity index (χ3v) is 7.27. The number of piperidine rings is 1. The van der Waals surface area contributed by atoms with Gasteiger partial charge in [-0.15, -0.1) is 0 Å². The van der Waals surface area contributed by atoms with Gasteiger partial charge in [0.05, 0.1) is 22.0 Å². The monoisotopic (exact) mass is 469 g/mol. The minimum Gasteiger partial charge on any atom is -0.342 e. The maximum atomic E-state index is 13.1. The number of aromatic nitrogens is 2. The quantitative estimate of drug-likeness (QED) is 0.512. The lowest BCUT2D eigenvalue weighted by Crippen LogP contribution is -2.49. The molecule has 4 rings (SSSR count). The molecule has 1 aliphatic heterocycles. The highest BCUT2D eigenvalue weighted by atomic mass is 32.2. The zero-order chi connectivity index (χ0) is 23.6. The number of anilines is 1. The summed E-state index contributed by atoms with van der Waals surface area (Å²) in [4.78, 5) is 33.9. The first kappa shape index (κ1) is 22.9. The van der Waals surface area contributed by atoms with Crippen molar-refractivity contribution in [3.05, 3.63) is 54.4 Å². The van der Waals surface area contributed by atoms with Gasteiger partial charge in [-0.1, -0.05) is 12.1 Å². The van der Waals surface area contributed by atoms with E-state index in [9.17, 15) is 18.0 Å². The van der Waals surface area contributed by atoms with E-state index in [2.05, 4.69) is 20.0 Å². The molecule has 33 heavy (non-hydrogen) atoms. The highest BCUT2D eigenvalue weighted by molar-refractivity contribution is 7.89. The van der Waals surface area contributed by atoms with Crippen LogP contribution in [0.4, 0.5) is 5.69 Å².